The fourth-order valence-corrected chi connectivity index (χ4v) is 4.38. The van der Waals surface area contributed by atoms with Gasteiger partial charge in [0.25, 0.3) is 0 Å². The molecule has 0 spiro atoms. The lowest BCUT2D eigenvalue weighted by Crippen LogP contribution is -2.31. The van der Waals surface area contributed by atoms with Gasteiger partial charge in [0.05, 0.1) is 13.2 Å². The van der Waals surface area contributed by atoms with Crippen molar-refractivity contribution in [1.29, 1.82) is 0 Å². The molecule has 0 unspecified atom stereocenters. The topological polar surface area (TPSA) is 66.8 Å². The van der Waals surface area contributed by atoms with E-state index in [-0.39, 0.29) is 12.5 Å². The van der Waals surface area contributed by atoms with Crippen molar-refractivity contribution in [2.75, 3.05) is 26.2 Å². The number of carbonyl (C=O) groups excluding carboxylic acids is 1. The molecule has 5 nitrogen and oxygen atoms in total. The van der Waals surface area contributed by atoms with Crippen LogP contribution in [0.4, 0.5) is 0 Å². The van der Waals surface area contributed by atoms with Crippen LogP contribution >= 0.6 is 0 Å². The average Bonchev–Trinajstić information content (AvgIpc) is 2.81. The van der Waals surface area contributed by atoms with E-state index in [0.717, 1.165) is 70.9 Å². The Balaban J connectivity index is 3.62. The lowest BCUT2D eigenvalue weighted by molar-refractivity contribution is -0.144. The summed E-state index contributed by atoms with van der Waals surface area (Å²) in [5.41, 5.74) is 0. The zero-order chi connectivity index (χ0) is 25.1. The van der Waals surface area contributed by atoms with Gasteiger partial charge in [-0.2, -0.15) is 0 Å². The van der Waals surface area contributed by atoms with Crippen molar-refractivity contribution in [3.63, 3.8) is 0 Å². The molecule has 202 valence electrons. The zero-order valence-electron chi connectivity index (χ0n) is 22.8. The first-order valence-electron chi connectivity index (χ1n) is 14.7. The lowest BCUT2D eigenvalue weighted by Gasteiger charge is -2.20. The molecule has 0 atom stereocenters. The SMILES string of the molecule is CCCCCCCCCCCCCCN(CCCCCCCC(=O)OCCCCC)CC(=O)O. The number of carboxylic acids is 1. The molecular formula is C29H57NO4. The van der Waals surface area contributed by atoms with E-state index >= 15 is 0 Å². The molecule has 0 aliphatic heterocycles. The maximum Gasteiger partial charge on any atom is 0.317 e. The molecule has 0 amide bonds. The summed E-state index contributed by atoms with van der Waals surface area (Å²) in [5, 5.41) is 9.21. The van der Waals surface area contributed by atoms with Crippen LogP contribution in [0.2, 0.25) is 0 Å². The van der Waals surface area contributed by atoms with Gasteiger partial charge in [0, 0.05) is 6.42 Å². The van der Waals surface area contributed by atoms with Crippen LogP contribution in [-0.2, 0) is 14.3 Å². The molecule has 5 heteroatoms. The third-order valence-corrected chi connectivity index (χ3v) is 6.55. The average molecular weight is 484 g/mol. The first-order chi connectivity index (χ1) is 16.6. The Labute approximate surface area is 211 Å². The van der Waals surface area contributed by atoms with Gasteiger partial charge in [-0.05, 0) is 38.8 Å². The number of rotatable bonds is 27. The summed E-state index contributed by atoms with van der Waals surface area (Å²) < 4.78 is 5.23. The molecule has 0 aromatic carbocycles. The second kappa shape index (κ2) is 26.5. The van der Waals surface area contributed by atoms with Crippen LogP contribution < -0.4 is 0 Å². The van der Waals surface area contributed by atoms with Gasteiger partial charge in [0.2, 0.25) is 0 Å². The Kier molecular flexibility index (Phi) is 25.6. The highest BCUT2D eigenvalue weighted by atomic mass is 16.5. The van der Waals surface area contributed by atoms with Crippen LogP contribution in [0.3, 0.4) is 0 Å². The third-order valence-electron chi connectivity index (χ3n) is 6.55. The number of carbonyl (C=O) groups is 2. The number of unbranched alkanes of at least 4 members (excludes halogenated alkanes) is 17. The van der Waals surface area contributed by atoms with Gasteiger partial charge in [0.1, 0.15) is 0 Å². The molecule has 0 radical (unpaired) electrons. The van der Waals surface area contributed by atoms with Crippen molar-refractivity contribution in [2.24, 2.45) is 0 Å². The van der Waals surface area contributed by atoms with Crippen LogP contribution in [0.5, 0.6) is 0 Å². The lowest BCUT2D eigenvalue weighted by atomic mass is 10.1. The summed E-state index contributed by atoms with van der Waals surface area (Å²) in [6, 6.07) is 0. The maximum absolute atomic E-state index is 11.7. The summed E-state index contributed by atoms with van der Waals surface area (Å²) in [6.45, 7) is 6.88. The molecule has 0 saturated carbocycles. The Bertz CT molecular complexity index is 455. The van der Waals surface area contributed by atoms with Crippen LogP contribution in [0.15, 0.2) is 0 Å². The first-order valence-corrected chi connectivity index (χ1v) is 14.7. The summed E-state index contributed by atoms with van der Waals surface area (Å²) >= 11 is 0. The van der Waals surface area contributed by atoms with Crippen molar-refractivity contribution in [1.82, 2.24) is 4.90 Å². The summed E-state index contributed by atoms with van der Waals surface area (Å²) in [7, 11) is 0. The number of carboxylic acid groups (broad SMARTS) is 1. The van der Waals surface area contributed by atoms with E-state index in [1.54, 1.807) is 0 Å². The van der Waals surface area contributed by atoms with Crippen molar-refractivity contribution < 1.29 is 19.4 Å². The number of ether oxygens (including phenoxy) is 1. The Morgan fingerprint density at radius 3 is 1.47 bits per heavy atom. The minimum atomic E-state index is -0.726. The van der Waals surface area contributed by atoms with Crippen molar-refractivity contribution in [2.45, 2.75) is 149 Å². The number of hydrogen-bond donors (Lipinski definition) is 1. The standard InChI is InChI=1S/C29H57NO4/c1-3-5-7-8-9-10-11-12-13-14-17-20-24-30(27-28(31)32)25-21-18-15-16-19-23-29(33)34-26-22-6-4-2/h3-27H2,1-2H3,(H,31,32). The molecule has 34 heavy (non-hydrogen) atoms. The largest absolute Gasteiger partial charge is 0.480 e. The molecule has 0 aromatic rings. The second-order valence-corrected chi connectivity index (χ2v) is 10.0. The Morgan fingerprint density at radius 2 is 1.00 bits per heavy atom. The van der Waals surface area contributed by atoms with E-state index in [2.05, 4.69) is 18.7 Å². The van der Waals surface area contributed by atoms with Gasteiger partial charge in [-0.15, -0.1) is 0 Å². The highest BCUT2D eigenvalue weighted by Crippen LogP contribution is 2.13. The van der Waals surface area contributed by atoms with Crippen LogP contribution in [0.1, 0.15) is 149 Å². The smallest absolute Gasteiger partial charge is 0.317 e. The quantitative estimate of drug-likeness (QED) is 0.0943. The molecule has 0 aromatic heterocycles. The van der Waals surface area contributed by atoms with Gasteiger partial charge in [-0.1, -0.05) is 117 Å². The fourth-order valence-electron chi connectivity index (χ4n) is 4.38. The molecular weight excluding hydrogens is 426 g/mol. The minimum Gasteiger partial charge on any atom is -0.480 e. The van der Waals surface area contributed by atoms with Crippen LogP contribution in [-0.4, -0.2) is 48.2 Å². The van der Waals surface area contributed by atoms with Crippen molar-refractivity contribution >= 4 is 11.9 Å². The van der Waals surface area contributed by atoms with E-state index in [1.165, 1.54) is 70.6 Å². The molecule has 0 fully saturated rings. The van der Waals surface area contributed by atoms with E-state index < -0.39 is 5.97 Å². The Hall–Kier alpha value is -1.10. The summed E-state index contributed by atoms with van der Waals surface area (Å²) in [5.74, 6) is -0.789. The van der Waals surface area contributed by atoms with Crippen LogP contribution in [0, 0.1) is 0 Å². The highest BCUT2D eigenvalue weighted by molar-refractivity contribution is 5.69. The third kappa shape index (κ3) is 25.5. The van der Waals surface area contributed by atoms with Crippen LogP contribution in [0.25, 0.3) is 0 Å². The number of esters is 1. The van der Waals surface area contributed by atoms with E-state index in [9.17, 15) is 14.7 Å². The maximum atomic E-state index is 11.7. The predicted molar refractivity (Wildman–Crippen MR) is 143 cm³/mol. The predicted octanol–water partition coefficient (Wildman–Crippen LogP) is 8.15. The van der Waals surface area contributed by atoms with Crippen molar-refractivity contribution in [3.8, 4) is 0 Å². The molecule has 0 rings (SSSR count). The summed E-state index contributed by atoms with van der Waals surface area (Å²) in [6.07, 6.45) is 24.8. The Morgan fingerprint density at radius 1 is 0.588 bits per heavy atom. The number of aliphatic carboxylic acids is 1. The first kappa shape index (κ1) is 32.9. The van der Waals surface area contributed by atoms with Gasteiger partial charge in [0.15, 0.2) is 0 Å². The monoisotopic (exact) mass is 483 g/mol. The molecule has 1 N–H and O–H groups in total. The van der Waals surface area contributed by atoms with E-state index in [4.69, 9.17) is 4.74 Å². The number of hydrogen-bond acceptors (Lipinski definition) is 4. The number of nitrogens with zero attached hydrogens (tertiary/aromatic N) is 1. The van der Waals surface area contributed by atoms with Gasteiger partial charge in [-0.3, -0.25) is 14.5 Å². The van der Waals surface area contributed by atoms with E-state index in [0.29, 0.717) is 13.0 Å². The molecule has 0 heterocycles. The van der Waals surface area contributed by atoms with E-state index in [1.807, 2.05) is 0 Å². The minimum absolute atomic E-state index is 0.0638. The van der Waals surface area contributed by atoms with Gasteiger partial charge in [-0.25, -0.2) is 0 Å². The second-order valence-electron chi connectivity index (χ2n) is 10.0. The van der Waals surface area contributed by atoms with Gasteiger partial charge < -0.3 is 9.84 Å². The van der Waals surface area contributed by atoms with Crippen molar-refractivity contribution in [3.05, 3.63) is 0 Å². The molecule has 0 saturated heterocycles. The molecule has 0 bridgehead atoms. The summed E-state index contributed by atoms with van der Waals surface area (Å²) in [4.78, 5) is 25.0. The molecule has 0 aliphatic carbocycles. The fraction of sp³-hybridized carbons (Fsp3) is 0.931. The molecule has 0 aliphatic rings. The highest BCUT2D eigenvalue weighted by Gasteiger charge is 2.09. The zero-order valence-corrected chi connectivity index (χ0v) is 22.8. The van der Waals surface area contributed by atoms with Gasteiger partial charge >= 0.3 is 11.9 Å². The normalized spacial score (nSPS) is 11.3.